The molecule has 2 unspecified atom stereocenters. The summed E-state index contributed by atoms with van der Waals surface area (Å²) in [6, 6.07) is 18.8. The first-order valence-electron chi connectivity index (χ1n) is 12.6. The van der Waals surface area contributed by atoms with Gasteiger partial charge in [0.25, 0.3) is 10.0 Å². The number of sulfonamides is 1. The van der Waals surface area contributed by atoms with Crippen molar-refractivity contribution in [1.29, 1.82) is 0 Å². The van der Waals surface area contributed by atoms with Crippen molar-refractivity contribution in [2.75, 3.05) is 10.8 Å². The number of hydrogen-bond donors (Lipinski definition) is 1. The molecule has 0 spiro atoms. The Morgan fingerprint density at radius 2 is 1.56 bits per heavy atom. The second kappa shape index (κ2) is 13.3. The van der Waals surface area contributed by atoms with Gasteiger partial charge in [-0.1, -0.05) is 72.1 Å². The van der Waals surface area contributed by atoms with Gasteiger partial charge in [-0.15, -0.1) is 0 Å². The minimum Gasteiger partial charge on any atom is -0.352 e. The molecule has 0 aliphatic heterocycles. The maximum atomic E-state index is 13.9. The van der Waals surface area contributed by atoms with Crippen LogP contribution in [0.25, 0.3) is 0 Å². The molecule has 0 saturated heterocycles. The molecule has 3 rings (SSSR count). The zero-order valence-electron chi connectivity index (χ0n) is 22.4. The van der Waals surface area contributed by atoms with Gasteiger partial charge < -0.3 is 10.2 Å². The Labute approximate surface area is 240 Å². The third-order valence-electron chi connectivity index (χ3n) is 6.44. The van der Waals surface area contributed by atoms with E-state index >= 15 is 0 Å². The molecule has 1 N–H and O–H groups in total. The molecule has 0 aliphatic rings. The number of benzene rings is 3. The van der Waals surface area contributed by atoms with E-state index in [-0.39, 0.29) is 23.4 Å². The Hall–Kier alpha value is -3.07. The van der Waals surface area contributed by atoms with Crippen molar-refractivity contribution in [2.45, 2.75) is 57.6 Å². The number of nitrogens with zero attached hydrogens (tertiary/aromatic N) is 2. The second-order valence-electron chi connectivity index (χ2n) is 9.42. The van der Waals surface area contributed by atoms with Crippen LogP contribution in [-0.4, -0.2) is 43.8 Å². The van der Waals surface area contributed by atoms with Gasteiger partial charge in [0.15, 0.2) is 0 Å². The molecular weight excluding hydrogens is 557 g/mol. The van der Waals surface area contributed by atoms with E-state index in [4.69, 9.17) is 23.2 Å². The highest BCUT2D eigenvalue weighted by atomic mass is 35.5. The summed E-state index contributed by atoms with van der Waals surface area (Å²) >= 11 is 12.3. The number of para-hydroxylation sites is 1. The summed E-state index contributed by atoms with van der Waals surface area (Å²) in [5, 5.41) is 3.58. The van der Waals surface area contributed by atoms with Crippen LogP contribution < -0.4 is 9.62 Å². The first-order chi connectivity index (χ1) is 18.4. The molecule has 2 amide bonds. The third-order valence-corrected chi connectivity index (χ3v) is 8.96. The monoisotopic (exact) mass is 589 g/mol. The summed E-state index contributed by atoms with van der Waals surface area (Å²) in [6.45, 7) is 6.82. The van der Waals surface area contributed by atoms with E-state index in [1.807, 2.05) is 20.8 Å². The number of halogens is 2. The fourth-order valence-electron chi connectivity index (χ4n) is 3.84. The van der Waals surface area contributed by atoms with Crippen molar-refractivity contribution >= 4 is 50.7 Å². The minimum atomic E-state index is -4.11. The number of carbonyl (C=O) groups is 2. The van der Waals surface area contributed by atoms with Crippen molar-refractivity contribution in [3.05, 3.63) is 94.0 Å². The van der Waals surface area contributed by atoms with E-state index in [1.165, 1.54) is 17.0 Å². The standard InChI is InChI=1S/C29H33Cl2N3O4S/c1-5-21(3)32-29(36)22(4)33(18-23-13-16-26(30)27(31)17-23)28(35)19-34(24-9-7-6-8-10-24)39(37,38)25-14-11-20(2)12-15-25/h6-17,21-22H,5,18-19H2,1-4H3,(H,32,36). The molecule has 10 heteroatoms. The van der Waals surface area contributed by atoms with Crippen LogP contribution in [-0.2, 0) is 26.2 Å². The molecule has 3 aromatic carbocycles. The van der Waals surface area contributed by atoms with E-state index in [0.29, 0.717) is 21.3 Å². The zero-order valence-corrected chi connectivity index (χ0v) is 24.7. The van der Waals surface area contributed by atoms with Crippen LogP contribution >= 0.6 is 23.2 Å². The average Bonchev–Trinajstić information content (AvgIpc) is 2.92. The summed E-state index contributed by atoms with van der Waals surface area (Å²) in [5.41, 5.74) is 1.89. The zero-order chi connectivity index (χ0) is 28.7. The van der Waals surface area contributed by atoms with Gasteiger partial charge in [0.1, 0.15) is 12.6 Å². The van der Waals surface area contributed by atoms with Gasteiger partial charge in [0.2, 0.25) is 11.8 Å². The largest absolute Gasteiger partial charge is 0.352 e. The molecule has 39 heavy (non-hydrogen) atoms. The van der Waals surface area contributed by atoms with Crippen LogP contribution in [0.15, 0.2) is 77.7 Å². The van der Waals surface area contributed by atoms with Crippen molar-refractivity contribution in [3.63, 3.8) is 0 Å². The lowest BCUT2D eigenvalue weighted by molar-refractivity contribution is -0.139. The first kappa shape index (κ1) is 30.5. The third kappa shape index (κ3) is 7.75. The fraction of sp³-hybridized carbons (Fsp3) is 0.310. The molecule has 0 fully saturated rings. The summed E-state index contributed by atoms with van der Waals surface area (Å²) in [6.07, 6.45) is 0.718. The predicted molar refractivity (Wildman–Crippen MR) is 157 cm³/mol. The summed E-state index contributed by atoms with van der Waals surface area (Å²) < 4.78 is 28.6. The van der Waals surface area contributed by atoms with Crippen molar-refractivity contribution < 1.29 is 18.0 Å². The van der Waals surface area contributed by atoms with Gasteiger partial charge in [-0.3, -0.25) is 13.9 Å². The van der Waals surface area contributed by atoms with E-state index in [2.05, 4.69) is 5.32 Å². The van der Waals surface area contributed by atoms with Gasteiger partial charge in [0, 0.05) is 12.6 Å². The molecule has 7 nitrogen and oxygen atoms in total. The van der Waals surface area contributed by atoms with Gasteiger partial charge in [-0.05, 0) is 69.2 Å². The van der Waals surface area contributed by atoms with Gasteiger partial charge in [-0.2, -0.15) is 0 Å². The molecule has 0 aliphatic carbocycles. The number of amides is 2. The van der Waals surface area contributed by atoms with Crippen LogP contribution in [0.3, 0.4) is 0 Å². The summed E-state index contributed by atoms with van der Waals surface area (Å²) in [5.74, 6) is -0.891. The normalized spacial score (nSPS) is 12.9. The second-order valence-corrected chi connectivity index (χ2v) is 12.1. The molecule has 0 aromatic heterocycles. The topological polar surface area (TPSA) is 86.8 Å². The van der Waals surface area contributed by atoms with Crippen molar-refractivity contribution in [1.82, 2.24) is 10.2 Å². The summed E-state index contributed by atoms with van der Waals surface area (Å²) in [7, 11) is -4.11. The SMILES string of the molecule is CCC(C)NC(=O)C(C)N(Cc1ccc(Cl)c(Cl)c1)C(=O)CN(c1ccccc1)S(=O)(=O)c1ccc(C)cc1. The van der Waals surface area contributed by atoms with E-state index in [9.17, 15) is 18.0 Å². The molecule has 0 bridgehead atoms. The minimum absolute atomic E-state index is 0.0258. The Bertz CT molecular complexity index is 1400. The van der Waals surface area contributed by atoms with Gasteiger partial charge in [0.05, 0.1) is 20.6 Å². The number of nitrogens with one attached hydrogen (secondary N) is 1. The van der Waals surface area contributed by atoms with E-state index < -0.39 is 28.5 Å². The number of hydrogen-bond acceptors (Lipinski definition) is 4. The van der Waals surface area contributed by atoms with Crippen LogP contribution in [0, 0.1) is 6.92 Å². The lowest BCUT2D eigenvalue weighted by Crippen LogP contribution is -2.52. The number of anilines is 1. The molecule has 3 aromatic rings. The Morgan fingerprint density at radius 3 is 2.15 bits per heavy atom. The lowest BCUT2D eigenvalue weighted by atomic mass is 10.1. The number of carbonyl (C=O) groups excluding carboxylic acids is 2. The number of rotatable bonds is 11. The highest BCUT2D eigenvalue weighted by Gasteiger charge is 2.32. The molecule has 2 atom stereocenters. The molecule has 0 saturated carbocycles. The molecular formula is C29H33Cl2N3O4S. The smallest absolute Gasteiger partial charge is 0.264 e. The maximum Gasteiger partial charge on any atom is 0.264 e. The highest BCUT2D eigenvalue weighted by molar-refractivity contribution is 7.92. The highest BCUT2D eigenvalue weighted by Crippen LogP contribution is 2.26. The Morgan fingerprint density at radius 1 is 0.923 bits per heavy atom. The van der Waals surface area contributed by atoms with E-state index in [0.717, 1.165) is 16.3 Å². The van der Waals surface area contributed by atoms with Crippen LogP contribution in [0.5, 0.6) is 0 Å². The van der Waals surface area contributed by atoms with Crippen LogP contribution in [0.4, 0.5) is 5.69 Å². The summed E-state index contributed by atoms with van der Waals surface area (Å²) in [4.78, 5) is 28.4. The van der Waals surface area contributed by atoms with Crippen molar-refractivity contribution in [2.24, 2.45) is 0 Å². The maximum absolute atomic E-state index is 13.9. The van der Waals surface area contributed by atoms with E-state index in [1.54, 1.807) is 67.6 Å². The van der Waals surface area contributed by atoms with Crippen molar-refractivity contribution in [3.8, 4) is 0 Å². The fourth-order valence-corrected chi connectivity index (χ4v) is 5.58. The Kier molecular flexibility index (Phi) is 10.4. The molecule has 208 valence electrons. The quantitative estimate of drug-likeness (QED) is 0.305. The predicted octanol–water partition coefficient (Wildman–Crippen LogP) is 5.83. The van der Waals surface area contributed by atoms with Crippen LogP contribution in [0.2, 0.25) is 10.0 Å². The first-order valence-corrected chi connectivity index (χ1v) is 14.8. The molecule has 0 heterocycles. The average molecular weight is 591 g/mol. The van der Waals surface area contributed by atoms with Gasteiger partial charge in [-0.25, -0.2) is 8.42 Å². The lowest BCUT2D eigenvalue weighted by Gasteiger charge is -2.32. The Balaban J connectivity index is 2.01. The number of aryl methyl sites for hydroxylation is 1. The van der Waals surface area contributed by atoms with Crippen LogP contribution in [0.1, 0.15) is 38.3 Å². The van der Waals surface area contributed by atoms with Gasteiger partial charge >= 0.3 is 0 Å². The molecule has 0 radical (unpaired) electrons.